The number of halogens is 2. The summed E-state index contributed by atoms with van der Waals surface area (Å²) in [5.74, 6) is -1.39. The van der Waals surface area contributed by atoms with E-state index >= 15 is 0 Å². The molecular weight excluding hydrogens is 390 g/mol. The number of hydrogen-bond acceptors (Lipinski definition) is 3. The van der Waals surface area contributed by atoms with Crippen molar-refractivity contribution in [3.63, 3.8) is 0 Å². The van der Waals surface area contributed by atoms with Gasteiger partial charge in [-0.3, -0.25) is 14.5 Å². The Labute approximate surface area is 174 Å². The minimum atomic E-state index is -0.907. The van der Waals surface area contributed by atoms with Gasteiger partial charge >= 0.3 is 0 Å². The molecule has 0 radical (unpaired) electrons. The number of rotatable bonds is 3. The van der Waals surface area contributed by atoms with Crippen molar-refractivity contribution in [2.75, 3.05) is 11.9 Å². The van der Waals surface area contributed by atoms with Crippen LogP contribution < -0.4 is 5.32 Å². The van der Waals surface area contributed by atoms with Crippen LogP contribution in [0.5, 0.6) is 0 Å². The lowest BCUT2D eigenvalue weighted by atomic mass is 9.83. The molecule has 7 heteroatoms. The number of carbonyl (C=O) groups excluding carboxylic acids is 2. The first-order chi connectivity index (χ1) is 14.4. The van der Waals surface area contributed by atoms with Gasteiger partial charge in [0.1, 0.15) is 23.4 Å². The smallest absolute Gasteiger partial charge is 0.256 e. The Hall–Kier alpha value is -2.80. The largest absolute Gasteiger partial charge is 0.353 e. The van der Waals surface area contributed by atoms with Gasteiger partial charge in [-0.2, -0.15) is 0 Å². The summed E-state index contributed by atoms with van der Waals surface area (Å²) in [5.41, 5.74) is -0.548. The fraction of sp³-hybridized carbons (Fsp3) is 0.391. The highest BCUT2D eigenvalue weighted by Crippen LogP contribution is 2.43. The van der Waals surface area contributed by atoms with Crippen LogP contribution in [0.25, 0.3) is 0 Å². The molecule has 1 saturated heterocycles. The van der Waals surface area contributed by atoms with E-state index in [1.807, 2.05) is 0 Å². The Morgan fingerprint density at radius 3 is 2.40 bits per heavy atom. The molecule has 1 unspecified atom stereocenters. The zero-order chi connectivity index (χ0) is 21.3. The van der Waals surface area contributed by atoms with Crippen molar-refractivity contribution in [1.29, 1.82) is 0 Å². The Balaban J connectivity index is 1.65. The van der Waals surface area contributed by atoms with Crippen LogP contribution in [-0.2, 0) is 9.53 Å². The highest BCUT2D eigenvalue weighted by molar-refractivity contribution is 6.02. The first-order valence-electron chi connectivity index (χ1n) is 10.2. The molecule has 1 aliphatic carbocycles. The average molecular weight is 414 g/mol. The third kappa shape index (κ3) is 3.81. The minimum absolute atomic E-state index is 0.0294. The molecule has 1 aliphatic heterocycles. The second kappa shape index (κ2) is 8.14. The summed E-state index contributed by atoms with van der Waals surface area (Å²) < 4.78 is 33.5. The first kappa shape index (κ1) is 20.5. The number of ether oxygens (including phenoxy) is 1. The summed E-state index contributed by atoms with van der Waals surface area (Å²) in [6, 6.07) is 10.2. The summed E-state index contributed by atoms with van der Waals surface area (Å²) >= 11 is 0. The molecule has 1 heterocycles. The summed E-state index contributed by atoms with van der Waals surface area (Å²) in [6.45, 7) is 2.18. The molecule has 2 fully saturated rings. The summed E-state index contributed by atoms with van der Waals surface area (Å²) in [7, 11) is 0. The summed E-state index contributed by atoms with van der Waals surface area (Å²) in [5, 5.41) is 2.58. The molecule has 1 atom stereocenters. The monoisotopic (exact) mass is 414 g/mol. The lowest BCUT2D eigenvalue weighted by Crippen LogP contribution is -2.56. The van der Waals surface area contributed by atoms with Gasteiger partial charge in [0.15, 0.2) is 0 Å². The molecule has 1 N–H and O–H groups in total. The second-order valence-electron chi connectivity index (χ2n) is 8.11. The van der Waals surface area contributed by atoms with Gasteiger partial charge in [-0.05, 0) is 68.0 Å². The topological polar surface area (TPSA) is 58.6 Å². The van der Waals surface area contributed by atoms with E-state index in [0.717, 1.165) is 12.8 Å². The van der Waals surface area contributed by atoms with Crippen molar-refractivity contribution in [3.8, 4) is 0 Å². The highest BCUT2D eigenvalue weighted by Gasteiger charge is 2.53. The molecule has 1 saturated carbocycles. The van der Waals surface area contributed by atoms with Crippen molar-refractivity contribution < 1.29 is 23.1 Å². The molecule has 30 heavy (non-hydrogen) atoms. The number of carbonyl (C=O) groups is 2. The van der Waals surface area contributed by atoms with Crippen LogP contribution in [0.1, 0.15) is 43.0 Å². The Morgan fingerprint density at radius 2 is 1.73 bits per heavy atom. The zero-order valence-corrected chi connectivity index (χ0v) is 16.7. The van der Waals surface area contributed by atoms with Crippen molar-refractivity contribution in [1.82, 2.24) is 4.90 Å². The van der Waals surface area contributed by atoms with Crippen LogP contribution >= 0.6 is 0 Å². The Kier molecular flexibility index (Phi) is 5.56. The number of benzene rings is 2. The molecule has 158 valence electrons. The van der Waals surface area contributed by atoms with E-state index in [9.17, 15) is 18.4 Å². The lowest BCUT2D eigenvalue weighted by molar-refractivity contribution is -0.123. The Bertz CT molecular complexity index is 940. The van der Waals surface area contributed by atoms with Gasteiger partial charge in [0.25, 0.3) is 5.91 Å². The molecule has 2 aliphatic rings. The number of nitrogens with one attached hydrogen (secondary N) is 1. The van der Waals surface area contributed by atoms with Gasteiger partial charge in [-0.25, -0.2) is 8.78 Å². The van der Waals surface area contributed by atoms with Crippen LogP contribution in [0.3, 0.4) is 0 Å². The van der Waals surface area contributed by atoms with E-state index < -0.39 is 35.2 Å². The molecule has 2 aromatic carbocycles. The molecule has 1 spiro atoms. The lowest BCUT2D eigenvalue weighted by Gasteiger charge is -2.43. The third-order valence-electron chi connectivity index (χ3n) is 6.06. The average Bonchev–Trinajstić information content (AvgIpc) is 3.11. The molecule has 4 rings (SSSR count). The Morgan fingerprint density at radius 1 is 1.07 bits per heavy atom. The minimum Gasteiger partial charge on any atom is -0.353 e. The SMILES string of the molecule is CC1CCC2(CC1)OCC(C(=O)Nc1ccccc1F)N2C(=O)c1ccc(F)cc1. The van der Waals surface area contributed by atoms with E-state index in [1.54, 1.807) is 6.07 Å². The normalized spacial score (nSPS) is 26.0. The van der Waals surface area contributed by atoms with Crippen molar-refractivity contribution >= 4 is 17.5 Å². The molecule has 2 amide bonds. The molecule has 2 aromatic rings. The molecule has 5 nitrogen and oxygen atoms in total. The summed E-state index contributed by atoms with van der Waals surface area (Å²) in [4.78, 5) is 28.0. The third-order valence-corrected chi connectivity index (χ3v) is 6.06. The quantitative estimate of drug-likeness (QED) is 0.812. The van der Waals surface area contributed by atoms with Crippen LogP contribution in [0, 0.1) is 17.6 Å². The predicted octanol–water partition coefficient (Wildman–Crippen LogP) is 4.35. The van der Waals surface area contributed by atoms with E-state index in [0.29, 0.717) is 18.8 Å². The van der Waals surface area contributed by atoms with Gasteiger partial charge in [0.05, 0.1) is 12.3 Å². The molecule has 0 aromatic heterocycles. The van der Waals surface area contributed by atoms with E-state index in [2.05, 4.69) is 12.2 Å². The van der Waals surface area contributed by atoms with Gasteiger partial charge < -0.3 is 10.1 Å². The van der Waals surface area contributed by atoms with Crippen molar-refractivity contribution in [2.24, 2.45) is 5.92 Å². The number of anilines is 1. The zero-order valence-electron chi connectivity index (χ0n) is 16.7. The van der Waals surface area contributed by atoms with Gasteiger partial charge in [-0.1, -0.05) is 19.1 Å². The number of hydrogen-bond donors (Lipinski definition) is 1. The van der Waals surface area contributed by atoms with Gasteiger partial charge in [0, 0.05) is 5.56 Å². The van der Waals surface area contributed by atoms with Crippen molar-refractivity contribution in [3.05, 3.63) is 65.7 Å². The first-order valence-corrected chi connectivity index (χ1v) is 10.2. The maximum absolute atomic E-state index is 14.0. The van der Waals surface area contributed by atoms with E-state index in [4.69, 9.17) is 4.74 Å². The van der Waals surface area contributed by atoms with Crippen LogP contribution in [-0.4, -0.2) is 35.1 Å². The standard InChI is InChI=1S/C23H24F2N2O3/c1-15-10-12-23(13-11-15)27(22(29)16-6-8-17(24)9-7-16)20(14-30-23)21(28)26-19-5-3-2-4-18(19)25/h2-9,15,20H,10-14H2,1H3,(H,26,28). The van der Waals surface area contributed by atoms with Crippen LogP contribution in [0.2, 0.25) is 0 Å². The van der Waals surface area contributed by atoms with Crippen LogP contribution in [0.15, 0.2) is 48.5 Å². The van der Waals surface area contributed by atoms with E-state index in [-0.39, 0.29) is 17.9 Å². The fourth-order valence-corrected chi connectivity index (χ4v) is 4.29. The fourth-order valence-electron chi connectivity index (χ4n) is 4.29. The predicted molar refractivity (Wildman–Crippen MR) is 108 cm³/mol. The van der Waals surface area contributed by atoms with Gasteiger partial charge in [-0.15, -0.1) is 0 Å². The highest BCUT2D eigenvalue weighted by atomic mass is 19.1. The van der Waals surface area contributed by atoms with Crippen molar-refractivity contribution in [2.45, 2.75) is 44.4 Å². The van der Waals surface area contributed by atoms with Crippen LogP contribution in [0.4, 0.5) is 14.5 Å². The van der Waals surface area contributed by atoms with E-state index in [1.165, 1.54) is 47.4 Å². The molecule has 0 bridgehead atoms. The maximum Gasteiger partial charge on any atom is 0.256 e. The summed E-state index contributed by atoms with van der Waals surface area (Å²) in [6.07, 6.45) is 2.97. The second-order valence-corrected chi connectivity index (χ2v) is 8.11. The number of nitrogens with zero attached hydrogens (tertiary/aromatic N) is 1. The molecular formula is C23H24F2N2O3. The maximum atomic E-state index is 14.0. The van der Waals surface area contributed by atoms with Gasteiger partial charge in [0.2, 0.25) is 5.91 Å². The number of para-hydroxylation sites is 1. The number of amides is 2.